The van der Waals surface area contributed by atoms with Crippen molar-refractivity contribution in [3.05, 3.63) is 60.2 Å². The van der Waals surface area contributed by atoms with E-state index in [9.17, 15) is 9.59 Å². The molecule has 4 rings (SSSR count). The fourth-order valence-electron chi connectivity index (χ4n) is 3.60. The molecule has 2 saturated heterocycles. The molecule has 2 fully saturated rings. The average Bonchev–Trinajstić information content (AvgIpc) is 3.40. The van der Waals surface area contributed by atoms with Gasteiger partial charge in [0.15, 0.2) is 0 Å². The van der Waals surface area contributed by atoms with Gasteiger partial charge < -0.3 is 9.80 Å². The first kappa shape index (κ1) is 17.2. The van der Waals surface area contributed by atoms with Crippen LogP contribution < -0.4 is 0 Å². The van der Waals surface area contributed by atoms with Crippen LogP contribution >= 0.6 is 11.8 Å². The summed E-state index contributed by atoms with van der Waals surface area (Å²) in [5.41, 5.74) is 2.86. The quantitative estimate of drug-likeness (QED) is 0.835. The van der Waals surface area contributed by atoms with Crippen LogP contribution in [0.5, 0.6) is 0 Å². The van der Waals surface area contributed by atoms with Gasteiger partial charge in [-0.25, -0.2) is 0 Å². The maximum absolute atomic E-state index is 13.0. The number of thioether (sulfide) groups is 1. The number of carbonyl (C=O) groups excluding carboxylic acids is 2. The third-order valence-electron chi connectivity index (χ3n) is 5.08. The van der Waals surface area contributed by atoms with E-state index in [1.165, 1.54) is 0 Å². The molecule has 134 valence electrons. The van der Waals surface area contributed by atoms with E-state index in [1.54, 1.807) is 16.7 Å². The van der Waals surface area contributed by atoms with Crippen molar-refractivity contribution in [3.8, 4) is 11.1 Å². The van der Waals surface area contributed by atoms with Gasteiger partial charge in [0.25, 0.3) is 5.91 Å². The summed E-state index contributed by atoms with van der Waals surface area (Å²) in [5, 5.41) is 0. The van der Waals surface area contributed by atoms with E-state index in [1.807, 2.05) is 47.4 Å². The van der Waals surface area contributed by atoms with Gasteiger partial charge in [-0.05, 0) is 36.1 Å². The number of hydrogen-bond donors (Lipinski definition) is 0. The zero-order chi connectivity index (χ0) is 17.9. The Kier molecular flexibility index (Phi) is 4.98. The summed E-state index contributed by atoms with van der Waals surface area (Å²) in [6, 6.07) is 17.5. The molecular formula is C21H22N2O2S. The summed E-state index contributed by atoms with van der Waals surface area (Å²) < 4.78 is 0. The fraction of sp³-hybridized carbons (Fsp3) is 0.333. The molecule has 5 heteroatoms. The van der Waals surface area contributed by atoms with E-state index >= 15 is 0 Å². The van der Waals surface area contributed by atoms with E-state index < -0.39 is 0 Å². The molecular weight excluding hydrogens is 344 g/mol. The third kappa shape index (κ3) is 3.36. The molecule has 0 N–H and O–H groups in total. The van der Waals surface area contributed by atoms with E-state index in [-0.39, 0.29) is 17.9 Å². The lowest BCUT2D eigenvalue weighted by atomic mass is 10.0. The number of amides is 2. The van der Waals surface area contributed by atoms with Gasteiger partial charge in [0.2, 0.25) is 5.91 Å². The minimum atomic E-state index is -0.320. The van der Waals surface area contributed by atoms with Gasteiger partial charge in [-0.1, -0.05) is 42.5 Å². The first-order chi connectivity index (χ1) is 12.7. The highest BCUT2D eigenvalue weighted by Gasteiger charge is 2.37. The highest BCUT2D eigenvalue weighted by atomic mass is 32.2. The minimum absolute atomic E-state index is 0.0489. The molecule has 2 aromatic rings. The Morgan fingerprint density at radius 3 is 2.23 bits per heavy atom. The summed E-state index contributed by atoms with van der Waals surface area (Å²) in [6.07, 6.45) is 2.14. The smallest absolute Gasteiger partial charge is 0.255 e. The van der Waals surface area contributed by atoms with Crippen LogP contribution in [-0.2, 0) is 4.79 Å². The first-order valence-electron chi connectivity index (χ1n) is 9.07. The van der Waals surface area contributed by atoms with Crippen molar-refractivity contribution in [2.24, 2.45) is 0 Å². The van der Waals surface area contributed by atoms with Gasteiger partial charge in [0.1, 0.15) is 6.04 Å². The number of hydrogen-bond acceptors (Lipinski definition) is 3. The molecule has 2 amide bonds. The van der Waals surface area contributed by atoms with Gasteiger partial charge >= 0.3 is 0 Å². The van der Waals surface area contributed by atoms with Crippen molar-refractivity contribution in [1.82, 2.24) is 9.80 Å². The zero-order valence-electron chi connectivity index (χ0n) is 14.6. The summed E-state index contributed by atoms with van der Waals surface area (Å²) in [7, 11) is 0. The maximum atomic E-state index is 13.0. The summed E-state index contributed by atoms with van der Waals surface area (Å²) in [5.74, 6) is 1.35. The van der Waals surface area contributed by atoms with Crippen molar-refractivity contribution in [2.45, 2.75) is 18.9 Å². The van der Waals surface area contributed by atoms with Crippen LogP contribution in [0, 0.1) is 0 Å². The van der Waals surface area contributed by atoms with Crippen LogP contribution in [0.25, 0.3) is 11.1 Å². The van der Waals surface area contributed by atoms with Crippen molar-refractivity contribution in [2.75, 3.05) is 24.7 Å². The number of likely N-dealkylation sites (tertiary alicyclic amines) is 1. The molecule has 0 spiro atoms. The molecule has 2 aliphatic rings. The number of benzene rings is 2. The molecule has 0 saturated carbocycles. The molecule has 1 atom stereocenters. The topological polar surface area (TPSA) is 40.6 Å². The lowest BCUT2D eigenvalue weighted by Gasteiger charge is -2.27. The molecule has 1 unspecified atom stereocenters. The Morgan fingerprint density at radius 1 is 0.885 bits per heavy atom. The predicted molar refractivity (Wildman–Crippen MR) is 105 cm³/mol. The van der Waals surface area contributed by atoms with Crippen LogP contribution in [0.1, 0.15) is 23.2 Å². The largest absolute Gasteiger partial charge is 0.341 e. The van der Waals surface area contributed by atoms with Crippen LogP contribution in [0.3, 0.4) is 0 Å². The summed E-state index contributed by atoms with van der Waals surface area (Å²) in [6.45, 7) is 1.65. The van der Waals surface area contributed by atoms with Crippen molar-refractivity contribution >= 4 is 23.6 Å². The van der Waals surface area contributed by atoms with Crippen molar-refractivity contribution in [3.63, 3.8) is 0 Å². The van der Waals surface area contributed by atoms with Gasteiger partial charge in [0.05, 0.1) is 5.88 Å². The van der Waals surface area contributed by atoms with E-state index in [4.69, 9.17) is 0 Å². The standard InChI is InChI=1S/C21H22N2O2S/c24-20(18-10-8-17(9-11-18)16-6-2-1-3-7-16)23-15-26-14-19(23)21(25)22-12-4-5-13-22/h1-3,6-11,19H,4-5,12-15H2. The maximum Gasteiger partial charge on any atom is 0.255 e. The number of rotatable bonds is 3. The Hall–Kier alpha value is -2.27. The molecule has 4 nitrogen and oxygen atoms in total. The molecule has 2 aliphatic heterocycles. The molecule has 2 heterocycles. The second-order valence-corrected chi connectivity index (χ2v) is 7.77. The predicted octanol–water partition coefficient (Wildman–Crippen LogP) is 3.49. The highest BCUT2D eigenvalue weighted by molar-refractivity contribution is 7.99. The van der Waals surface area contributed by atoms with Gasteiger partial charge in [-0.15, -0.1) is 11.8 Å². The molecule has 0 bridgehead atoms. The molecule has 26 heavy (non-hydrogen) atoms. The SMILES string of the molecule is O=C(C1CSCN1C(=O)c1ccc(-c2ccccc2)cc1)N1CCCC1. The van der Waals surface area contributed by atoms with Crippen LogP contribution in [0.4, 0.5) is 0 Å². The number of carbonyl (C=O) groups is 2. The molecule has 0 radical (unpaired) electrons. The van der Waals surface area contributed by atoms with E-state index in [0.29, 0.717) is 17.2 Å². The Labute approximate surface area is 158 Å². The Balaban J connectivity index is 1.50. The highest BCUT2D eigenvalue weighted by Crippen LogP contribution is 2.27. The molecule has 2 aromatic carbocycles. The monoisotopic (exact) mass is 366 g/mol. The average molecular weight is 366 g/mol. The second kappa shape index (κ2) is 7.54. The first-order valence-corrected chi connectivity index (χ1v) is 10.2. The Bertz CT molecular complexity index is 785. The Morgan fingerprint density at radius 2 is 1.54 bits per heavy atom. The van der Waals surface area contributed by atoms with Crippen LogP contribution in [-0.4, -0.2) is 52.4 Å². The fourth-order valence-corrected chi connectivity index (χ4v) is 4.74. The van der Waals surface area contributed by atoms with Gasteiger partial charge in [0, 0.05) is 24.4 Å². The van der Waals surface area contributed by atoms with E-state index in [2.05, 4.69) is 12.1 Å². The number of nitrogens with zero attached hydrogens (tertiary/aromatic N) is 2. The van der Waals surface area contributed by atoms with E-state index in [0.717, 1.165) is 37.1 Å². The normalized spacial score (nSPS) is 19.8. The van der Waals surface area contributed by atoms with Crippen molar-refractivity contribution < 1.29 is 9.59 Å². The van der Waals surface area contributed by atoms with Gasteiger partial charge in [-0.3, -0.25) is 9.59 Å². The summed E-state index contributed by atoms with van der Waals surface area (Å²) >= 11 is 1.66. The third-order valence-corrected chi connectivity index (χ3v) is 6.10. The van der Waals surface area contributed by atoms with Gasteiger partial charge in [-0.2, -0.15) is 0 Å². The minimum Gasteiger partial charge on any atom is -0.341 e. The van der Waals surface area contributed by atoms with Crippen LogP contribution in [0.15, 0.2) is 54.6 Å². The lowest BCUT2D eigenvalue weighted by Crippen LogP contribution is -2.48. The van der Waals surface area contributed by atoms with Crippen LogP contribution in [0.2, 0.25) is 0 Å². The van der Waals surface area contributed by atoms with Crippen molar-refractivity contribution in [1.29, 1.82) is 0 Å². The molecule has 0 aliphatic carbocycles. The zero-order valence-corrected chi connectivity index (χ0v) is 15.5. The lowest BCUT2D eigenvalue weighted by molar-refractivity contribution is -0.133. The second-order valence-electron chi connectivity index (χ2n) is 6.77. The molecule has 0 aromatic heterocycles. The summed E-state index contributed by atoms with van der Waals surface area (Å²) in [4.78, 5) is 29.4.